The van der Waals surface area contributed by atoms with Crippen molar-refractivity contribution in [1.82, 2.24) is 25.7 Å². The molecule has 1 saturated carbocycles. The van der Waals surface area contributed by atoms with Gasteiger partial charge in [-0.2, -0.15) is 10.3 Å². The number of nitrogens with two attached hydrogens (primary N) is 1. The predicted octanol–water partition coefficient (Wildman–Crippen LogP) is 5.43. The lowest BCUT2D eigenvalue weighted by molar-refractivity contribution is 0.340. The SMILES string of the molecule is Nc1cc(C(CCNC2CCC(c3ccccc3)CC2)c2cccc(Cl)c2)c2n[nH]nc2n1. The zero-order chi connectivity index (χ0) is 22.6. The number of hydrogen-bond donors (Lipinski definition) is 3. The van der Waals surface area contributed by atoms with Crippen molar-refractivity contribution < 1.29 is 0 Å². The Balaban J connectivity index is 1.28. The van der Waals surface area contributed by atoms with E-state index in [4.69, 9.17) is 17.3 Å². The van der Waals surface area contributed by atoms with Crippen LogP contribution in [-0.4, -0.2) is 33.0 Å². The maximum Gasteiger partial charge on any atom is 0.203 e. The predicted molar refractivity (Wildman–Crippen MR) is 133 cm³/mol. The molecule has 1 aliphatic carbocycles. The molecule has 6 nitrogen and oxygen atoms in total. The monoisotopic (exact) mass is 460 g/mol. The first-order chi connectivity index (χ1) is 16.2. The highest BCUT2D eigenvalue weighted by atomic mass is 35.5. The minimum Gasteiger partial charge on any atom is -0.384 e. The molecule has 0 radical (unpaired) electrons. The summed E-state index contributed by atoms with van der Waals surface area (Å²) >= 11 is 6.34. The van der Waals surface area contributed by atoms with Gasteiger partial charge in [-0.15, -0.1) is 5.10 Å². The highest BCUT2D eigenvalue weighted by molar-refractivity contribution is 6.30. The van der Waals surface area contributed by atoms with Crippen LogP contribution in [0.4, 0.5) is 5.82 Å². The summed E-state index contributed by atoms with van der Waals surface area (Å²) in [5.41, 5.74) is 11.1. The van der Waals surface area contributed by atoms with Gasteiger partial charge in [0.25, 0.3) is 0 Å². The number of rotatable bonds is 7. The number of hydrogen-bond acceptors (Lipinski definition) is 5. The fourth-order valence-electron chi connectivity index (χ4n) is 5.16. The van der Waals surface area contributed by atoms with Crippen LogP contribution >= 0.6 is 11.6 Å². The van der Waals surface area contributed by atoms with Crippen molar-refractivity contribution in [3.8, 4) is 0 Å². The molecule has 5 rings (SSSR count). The summed E-state index contributed by atoms with van der Waals surface area (Å²) in [6, 6.07) is 21.4. The van der Waals surface area contributed by atoms with Gasteiger partial charge >= 0.3 is 0 Å². The van der Waals surface area contributed by atoms with Crippen molar-refractivity contribution in [3.63, 3.8) is 0 Å². The number of H-pyrrole nitrogens is 1. The molecule has 33 heavy (non-hydrogen) atoms. The molecule has 0 amide bonds. The van der Waals surface area contributed by atoms with Gasteiger partial charge in [0.1, 0.15) is 11.3 Å². The third-order valence-electron chi connectivity index (χ3n) is 6.83. The number of halogens is 1. The van der Waals surface area contributed by atoms with Crippen molar-refractivity contribution in [2.24, 2.45) is 0 Å². The maximum absolute atomic E-state index is 6.34. The third-order valence-corrected chi connectivity index (χ3v) is 7.07. The van der Waals surface area contributed by atoms with E-state index in [2.05, 4.69) is 62.1 Å². The smallest absolute Gasteiger partial charge is 0.203 e. The molecule has 1 atom stereocenters. The highest BCUT2D eigenvalue weighted by Crippen LogP contribution is 2.35. The Bertz CT molecular complexity index is 1200. The van der Waals surface area contributed by atoms with Crippen LogP contribution in [0.5, 0.6) is 0 Å². The van der Waals surface area contributed by atoms with Gasteiger partial charge in [-0.3, -0.25) is 0 Å². The molecule has 170 valence electrons. The second kappa shape index (κ2) is 9.89. The number of nitrogens with zero attached hydrogens (tertiary/aromatic N) is 3. The summed E-state index contributed by atoms with van der Waals surface area (Å²) in [7, 11) is 0. The number of aromatic nitrogens is 4. The van der Waals surface area contributed by atoms with Crippen LogP contribution in [-0.2, 0) is 0 Å². The number of pyridine rings is 1. The first kappa shape index (κ1) is 21.9. The molecule has 0 bridgehead atoms. The molecule has 4 N–H and O–H groups in total. The summed E-state index contributed by atoms with van der Waals surface area (Å²) in [6.45, 7) is 0.902. The summed E-state index contributed by atoms with van der Waals surface area (Å²) in [5.74, 6) is 1.23. The van der Waals surface area contributed by atoms with E-state index >= 15 is 0 Å². The van der Waals surface area contributed by atoms with E-state index in [1.165, 1.54) is 31.2 Å². The molecule has 0 aliphatic heterocycles. The molecule has 2 heterocycles. The molecule has 1 unspecified atom stereocenters. The fourth-order valence-corrected chi connectivity index (χ4v) is 5.36. The lowest BCUT2D eigenvalue weighted by atomic mass is 9.81. The fraction of sp³-hybridized carbons (Fsp3) is 0.346. The van der Waals surface area contributed by atoms with Gasteiger partial charge in [-0.25, -0.2) is 4.98 Å². The standard InChI is InChI=1S/C26H29ClN6/c27-20-8-4-7-19(15-20)22(23-16-24(28)30-26-25(23)31-33-32-26)13-14-29-21-11-9-18(10-12-21)17-5-2-1-3-6-17/h1-8,15-16,18,21-22,29H,9-14H2,(H3,28,30,31,32,33). The van der Waals surface area contributed by atoms with Crippen LogP contribution in [0.1, 0.15) is 60.6 Å². The van der Waals surface area contributed by atoms with E-state index in [0.29, 0.717) is 23.4 Å². The maximum atomic E-state index is 6.34. The Labute approximate surface area is 199 Å². The van der Waals surface area contributed by atoms with Gasteiger partial charge in [0.05, 0.1) is 0 Å². The van der Waals surface area contributed by atoms with Gasteiger partial charge in [0, 0.05) is 17.0 Å². The van der Waals surface area contributed by atoms with E-state index in [0.717, 1.165) is 34.6 Å². The largest absolute Gasteiger partial charge is 0.384 e. The second-order valence-electron chi connectivity index (χ2n) is 8.94. The second-order valence-corrected chi connectivity index (χ2v) is 9.38. The molecule has 2 aromatic heterocycles. The van der Waals surface area contributed by atoms with Crippen molar-refractivity contribution in [3.05, 3.63) is 82.4 Å². The van der Waals surface area contributed by atoms with Crippen LogP contribution < -0.4 is 11.1 Å². The number of fused-ring (bicyclic) bond motifs is 1. The number of nitrogen functional groups attached to an aromatic ring is 1. The number of nitrogens with one attached hydrogen (secondary N) is 2. The van der Waals surface area contributed by atoms with E-state index in [-0.39, 0.29) is 5.92 Å². The quantitative estimate of drug-likeness (QED) is 0.342. The number of aromatic amines is 1. The molecule has 2 aromatic carbocycles. The average Bonchev–Trinajstić information content (AvgIpc) is 3.31. The highest BCUT2D eigenvalue weighted by Gasteiger charge is 2.24. The van der Waals surface area contributed by atoms with E-state index in [1.807, 2.05) is 24.3 Å². The van der Waals surface area contributed by atoms with Gasteiger partial charge in [-0.05, 0) is 79.5 Å². The number of benzene rings is 2. The Morgan fingerprint density at radius 3 is 2.61 bits per heavy atom. The Kier molecular flexibility index (Phi) is 6.55. The van der Waals surface area contributed by atoms with Crippen LogP contribution in [0.2, 0.25) is 5.02 Å². The van der Waals surface area contributed by atoms with Gasteiger partial charge in [0.2, 0.25) is 5.65 Å². The van der Waals surface area contributed by atoms with E-state index in [9.17, 15) is 0 Å². The Morgan fingerprint density at radius 1 is 1.00 bits per heavy atom. The molecule has 4 aromatic rings. The van der Waals surface area contributed by atoms with Crippen molar-refractivity contribution in [2.75, 3.05) is 12.3 Å². The van der Waals surface area contributed by atoms with Crippen molar-refractivity contribution in [2.45, 2.75) is 50.0 Å². The van der Waals surface area contributed by atoms with Crippen molar-refractivity contribution in [1.29, 1.82) is 0 Å². The number of anilines is 1. The summed E-state index contributed by atoms with van der Waals surface area (Å²) in [5, 5.41) is 15.7. The zero-order valence-electron chi connectivity index (χ0n) is 18.5. The molecular formula is C26H29ClN6. The van der Waals surface area contributed by atoms with Crippen LogP contribution in [0.3, 0.4) is 0 Å². The normalized spacial score (nSPS) is 19.5. The lowest BCUT2D eigenvalue weighted by Crippen LogP contribution is -2.34. The Hall–Kier alpha value is -2.96. The minimum atomic E-state index is 0.0924. The molecule has 0 saturated heterocycles. The molecule has 7 heteroatoms. The van der Waals surface area contributed by atoms with Crippen molar-refractivity contribution >= 4 is 28.6 Å². The first-order valence-electron chi connectivity index (χ1n) is 11.7. The Morgan fingerprint density at radius 2 is 1.82 bits per heavy atom. The average molecular weight is 461 g/mol. The van der Waals surface area contributed by atoms with Crippen LogP contribution in [0.15, 0.2) is 60.7 Å². The van der Waals surface area contributed by atoms with E-state index in [1.54, 1.807) is 0 Å². The first-order valence-corrected chi connectivity index (χ1v) is 12.1. The summed E-state index contributed by atoms with van der Waals surface area (Å²) < 4.78 is 0. The van der Waals surface area contributed by atoms with E-state index < -0.39 is 0 Å². The summed E-state index contributed by atoms with van der Waals surface area (Å²) in [6.07, 6.45) is 5.79. The van der Waals surface area contributed by atoms with Gasteiger partial charge in [-0.1, -0.05) is 54.1 Å². The lowest BCUT2D eigenvalue weighted by Gasteiger charge is -2.30. The third kappa shape index (κ3) is 5.02. The van der Waals surface area contributed by atoms with Crippen LogP contribution in [0.25, 0.3) is 11.2 Å². The molecule has 1 fully saturated rings. The molecule has 1 aliphatic rings. The van der Waals surface area contributed by atoms with Crippen LogP contribution in [0, 0.1) is 0 Å². The van der Waals surface area contributed by atoms with Gasteiger partial charge < -0.3 is 11.1 Å². The summed E-state index contributed by atoms with van der Waals surface area (Å²) in [4.78, 5) is 4.31. The molecule has 0 spiro atoms. The topological polar surface area (TPSA) is 92.5 Å². The van der Waals surface area contributed by atoms with Gasteiger partial charge in [0.15, 0.2) is 0 Å². The zero-order valence-corrected chi connectivity index (χ0v) is 19.3. The molecular weight excluding hydrogens is 432 g/mol. The minimum absolute atomic E-state index is 0.0924.